The summed E-state index contributed by atoms with van der Waals surface area (Å²) >= 11 is 11.9. The van der Waals surface area contributed by atoms with Gasteiger partial charge < -0.3 is 11.1 Å². The first-order valence-corrected chi connectivity index (χ1v) is 5.88. The Balaban J connectivity index is 2.04. The van der Waals surface area contributed by atoms with E-state index in [9.17, 15) is 0 Å². The predicted molar refractivity (Wildman–Crippen MR) is 65.7 cm³/mol. The van der Waals surface area contributed by atoms with Crippen molar-refractivity contribution < 1.29 is 0 Å². The van der Waals surface area contributed by atoms with Gasteiger partial charge in [0.1, 0.15) is 0 Å². The lowest BCUT2D eigenvalue weighted by molar-refractivity contribution is 0.688. The Morgan fingerprint density at radius 1 is 1.27 bits per heavy atom. The molecule has 0 radical (unpaired) electrons. The summed E-state index contributed by atoms with van der Waals surface area (Å²) in [6, 6.07) is 6.27. The summed E-state index contributed by atoms with van der Waals surface area (Å²) in [4.78, 5) is 0. The minimum atomic E-state index is 0.327. The fraction of sp³-hybridized carbons (Fsp3) is 0.455. The second-order valence-electron chi connectivity index (χ2n) is 4.04. The van der Waals surface area contributed by atoms with Crippen molar-refractivity contribution in [3.05, 3.63) is 28.2 Å². The molecule has 1 aromatic carbocycles. The van der Waals surface area contributed by atoms with E-state index in [1.807, 2.05) is 12.1 Å². The van der Waals surface area contributed by atoms with Crippen LogP contribution in [0.4, 0.5) is 5.69 Å². The zero-order chi connectivity index (χ0) is 10.8. The molecule has 3 N–H and O–H groups in total. The number of hydrogen-bond acceptors (Lipinski definition) is 2. The molecule has 2 rings (SSSR count). The number of nitrogens with one attached hydrogen (secondary N) is 1. The van der Waals surface area contributed by atoms with Crippen LogP contribution in [0.2, 0.25) is 10.0 Å². The van der Waals surface area contributed by atoms with Crippen LogP contribution in [0.5, 0.6) is 0 Å². The van der Waals surface area contributed by atoms with Crippen LogP contribution < -0.4 is 11.1 Å². The first-order chi connectivity index (χ1) is 7.15. The number of hydrogen-bond donors (Lipinski definition) is 2. The highest BCUT2D eigenvalue weighted by Gasteiger charge is 2.21. The molecule has 4 heteroatoms. The summed E-state index contributed by atoms with van der Waals surface area (Å²) in [6.07, 6.45) is 3.21. The largest absolute Gasteiger partial charge is 0.381 e. The van der Waals surface area contributed by atoms with Gasteiger partial charge in [-0.05, 0) is 37.5 Å². The van der Waals surface area contributed by atoms with E-state index in [1.165, 1.54) is 0 Å². The van der Waals surface area contributed by atoms with E-state index < -0.39 is 0 Å². The Morgan fingerprint density at radius 2 is 2.07 bits per heavy atom. The zero-order valence-electron chi connectivity index (χ0n) is 8.34. The topological polar surface area (TPSA) is 38.0 Å². The molecule has 2 unspecified atom stereocenters. The first kappa shape index (κ1) is 11.1. The van der Waals surface area contributed by atoms with Gasteiger partial charge in [-0.1, -0.05) is 23.2 Å². The summed E-state index contributed by atoms with van der Waals surface area (Å²) in [7, 11) is 0. The van der Waals surface area contributed by atoms with Gasteiger partial charge in [0, 0.05) is 17.1 Å². The van der Waals surface area contributed by atoms with Gasteiger partial charge in [0.25, 0.3) is 0 Å². The maximum atomic E-state index is 6.07. The molecule has 0 bridgehead atoms. The van der Waals surface area contributed by atoms with Crippen molar-refractivity contribution in [2.45, 2.75) is 31.3 Å². The lowest BCUT2D eigenvalue weighted by Crippen LogP contribution is -2.20. The highest BCUT2D eigenvalue weighted by atomic mass is 35.5. The summed E-state index contributed by atoms with van der Waals surface area (Å²) in [6.45, 7) is 0. The van der Waals surface area contributed by atoms with E-state index in [0.29, 0.717) is 22.1 Å². The van der Waals surface area contributed by atoms with Crippen molar-refractivity contribution in [1.29, 1.82) is 0 Å². The maximum absolute atomic E-state index is 6.07. The fourth-order valence-corrected chi connectivity index (χ4v) is 2.44. The zero-order valence-corrected chi connectivity index (χ0v) is 9.85. The van der Waals surface area contributed by atoms with Gasteiger partial charge >= 0.3 is 0 Å². The molecule has 1 aromatic rings. The number of anilines is 1. The average Bonchev–Trinajstić information content (AvgIpc) is 2.56. The highest BCUT2D eigenvalue weighted by molar-refractivity contribution is 6.36. The summed E-state index contributed by atoms with van der Waals surface area (Å²) in [5.74, 6) is 0. The van der Waals surface area contributed by atoms with E-state index in [-0.39, 0.29) is 0 Å². The van der Waals surface area contributed by atoms with Crippen LogP contribution in [0.15, 0.2) is 18.2 Å². The van der Waals surface area contributed by atoms with Crippen molar-refractivity contribution in [2.75, 3.05) is 5.32 Å². The molecule has 0 heterocycles. The maximum Gasteiger partial charge on any atom is 0.0652 e. The smallest absolute Gasteiger partial charge is 0.0652 e. The Hall–Kier alpha value is -0.440. The van der Waals surface area contributed by atoms with Gasteiger partial charge in [0.15, 0.2) is 0 Å². The number of benzene rings is 1. The van der Waals surface area contributed by atoms with E-state index in [2.05, 4.69) is 5.32 Å². The van der Waals surface area contributed by atoms with Crippen LogP contribution in [0, 0.1) is 0 Å². The molecule has 82 valence electrons. The summed E-state index contributed by atoms with van der Waals surface area (Å²) in [5.41, 5.74) is 6.79. The quantitative estimate of drug-likeness (QED) is 0.839. The van der Waals surface area contributed by atoms with Gasteiger partial charge in [0.05, 0.1) is 10.7 Å². The number of halogens is 2. The lowest BCUT2D eigenvalue weighted by atomic mass is 10.2. The van der Waals surface area contributed by atoms with E-state index in [0.717, 1.165) is 24.9 Å². The van der Waals surface area contributed by atoms with Crippen molar-refractivity contribution in [1.82, 2.24) is 0 Å². The predicted octanol–water partition coefficient (Wildman–Crippen LogP) is 3.29. The van der Waals surface area contributed by atoms with Gasteiger partial charge in [-0.2, -0.15) is 0 Å². The molecular formula is C11H14Cl2N2. The normalized spacial score (nSPS) is 25.5. The monoisotopic (exact) mass is 244 g/mol. The molecule has 0 aliphatic heterocycles. The minimum absolute atomic E-state index is 0.327. The van der Waals surface area contributed by atoms with Crippen molar-refractivity contribution in [3.63, 3.8) is 0 Å². The lowest BCUT2D eigenvalue weighted by Gasteiger charge is -2.15. The number of rotatable bonds is 2. The number of nitrogens with two attached hydrogens (primary N) is 1. The van der Waals surface area contributed by atoms with E-state index >= 15 is 0 Å². The minimum Gasteiger partial charge on any atom is -0.381 e. The molecule has 2 atom stereocenters. The van der Waals surface area contributed by atoms with Gasteiger partial charge in [-0.3, -0.25) is 0 Å². The average molecular weight is 245 g/mol. The highest BCUT2D eigenvalue weighted by Crippen LogP contribution is 2.28. The second-order valence-corrected chi connectivity index (χ2v) is 4.88. The van der Waals surface area contributed by atoms with Crippen LogP contribution >= 0.6 is 23.2 Å². The third-order valence-electron chi connectivity index (χ3n) is 2.76. The fourth-order valence-electron chi connectivity index (χ4n) is 1.97. The van der Waals surface area contributed by atoms with Crippen molar-refractivity contribution in [3.8, 4) is 0 Å². The van der Waals surface area contributed by atoms with Crippen LogP contribution in [-0.4, -0.2) is 12.1 Å². The Labute approximate surface area is 99.7 Å². The molecule has 1 aliphatic rings. The SMILES string of the molecule is NC1CCC(Nc2ccc(Cl)cc2Cl)C1. The third kappa shape index (κ3) is 2.77. The molecule has 0 spiro atoms. The molecular weight excluding hydrogens is 231 g/mol. The van der Waals surface area contributed by atoms with Crippen LogP contribution in [-0.2, 0) is 0 Å². The molecule has 0 amide bonds. The van der Waals surface area contributed by atoms with Crippen molar-refractivity contribution >= 4 is 28.9 Å². The van der Waals surface area contributed by atoms with E-state index in [4.69, 9.17) is 28.9 Å². The van der Waals surface area contributed by atoms with Crippen LogP contribution in [0.3, 0.4) is 0 Å². The standard InChI is InChI=1S/C11H14Cl2N2/c12-7-1-4-11(10(13)5-7)15-9-3-2-8(14)6-9/h1,4-5,8-9,15H,2-3,6,14H2. The summed E-state index contributed by atoms with van der Waals surface area (Å²) in [5, 5.41) is 4.73. The molecule has 1 aliphatic carbocycles. The van der Waals surface area contributed by atoms with E-state index in [1.54, 1.807) is 6.07 Å². The van der Waals surface area contributed by atoms with Gasteiger partial charge in [0.2, 0.25) is 0 Å². The van der Waals surface area contributed by atoms with Crippen LogP contribution in [0.1, 0.15) is 19.3 Å². The van der Waals surface area contributed by atoms with Gasteiger partial charge in [-0.15, -0.1) is 0 Å². The Morgan fingerprint density at radius 3 is 2.67 bits per heavy atom. The Kier molecular flexibility index (Phi) is 3.39. The summed E-state index contributed by atoms with van der Waals surface area (Å²) < 4.78 is 0. The molecule has 0 saturated heterocycles. The molecule has 1 fully saturated rings. The second kappa shape index (κ2) is 4.60. The van der Waals surface area contributed by atoms with Crippen LogP contribution in [0.25, 0.3) is 0 Å². The molecule has 2 nitrogen and oxygen atoms in total. The molecule has 0 aromatic heterocycles. The molecule has 15 heavy (non-hydrogen) atoms. The van der Waals surface area contributed by atoms with Gasteiger partial charge in [-0.25, -0.2) is 0 Å². The third-order valence-corrected chi connectivity index (χ3v) is 3.31. The van der Waals surface area contributed by atoms with Crippen molar-refractivity contribution in [2.24, 2.45) is 5.73 Å². The molecule has 1 saturated carbocycles. The Bertz CT molecular complexity index is 354. The first-order valence-electron chi connectivity index (χ1n) is 5.12.